The SMILES string of the molecule is CCCC(C(=O)OCC)C(=O)C(C)CC. The van der Waals surface area contributed by atoms with Crippen LogP contribution in [0.3, 0.4) is 0 Å². The van der Waals surface area contributed by atoms with E-state index in [4.69, 9.17) is 4.74 Å². The molecule has 0 bridgehead atoms. The van der Waals surface area contributed by atoms with Crippen molar-refractivity contribution in [2.75, 3.05) is 6.61 Å². The molecule has 0 aromatic rings. The van der Waals surface area contributed by atoms with Crippen LogP contribution in [0.2, 0.25) is 0 Å². The van der Waals surface area contributed by atoms with Crippen LogP contribution in [0.5, 0.6) is 0 Å². The number of carbonyl (C=O) groups excluding carboxylic acids is 2. The standard InChI is InChI=1S/C12H22O3/c1-5-8-10(12(14)15-7-3)11(13)9(4)6-2/h9-10H,5-8H2,1-4H3. The normalized spacial score (nSPS) is 14.4. The van der Waals surface area contributed by atoms with E-state index in [2.05, 4.69) is 0 Å². The van der Waals surface area contributed by atoms with Gasteiger partial charge in [-0.15, -0.1) is 0 Å². The summed E-state index contributed by atoms with van der Waals surface area (Å²) >= 11 is 0. The Morgan fingerprint density at radius 1 is 1.20 bits per heavy atom. The first kappa shape index (κ1) is 14.1. The molecule has 0 heterocycles. The highest BCUT2D eigenvalue weighted by atomic mass is 16.5. The largest absolute Gasteiger partial charge is 0.465 e. The highest BCUT2D eigenvalue weighted by Crippen LogP contribution is 2.17. The van der Waals surface area contributed by atoms with Crippen LogP contribution in [0.25, 0.3) is 0 Å². The van der Waals surface area contributed by atoms with Crippen molar-refractivity contribution in [3.05, 3.63) is 0 Å². The van der Waals surface area contributed by atoms with E-state index >= 15 is 0 Å². The number of Topliss-reactive ketones (excluding diaryl/α,β-unsaturated/α-hetero) is 1. The fourth-order valence-electron chi connectivity index (χ4n) is 1.45. The topological polar surface area (TPSA) is 43.4 Å². The minimum Gasteiger partial charge on any atom is -0.465 e. The van der Waals surface area contributed by atoms with E-state index in [1.807, 2.05) is 20.8 Å². The predicted octanol–water partition coefficient (Wildman–Crippen LogP) is 2.58. The molecule has 3 nitrogen and oxygen atoms in total. The van der Waals surface area contributed by atoms with Crippen molar-refractivity contribution >= 4 is 11.8 Å². The Balaban J connectivity index is 4.50. The summed E-state index contributed by atoms with van der Waals surface area (Å²) < 4.78 is 4.91. The van der Waals surface area contributed by atoms with Crippen LogP contribution in [0, 0.1) is 11.8 Å². The highest BCUT2D eigenvalue weighted by molar-refractivity contribution is 5.99. The van der Waals surface area contributed by atoms with Crippen molar-refractivity contribution in [1.29, 1.82) is 0 Å². The first-order valence-electron chi connectivity index (χ1n) is 5.78. The molecule has 0 fully saturated rings. The maximum atomic E-state index is 11.9. The fraction of sp³-hybridized carbons (Fsp3) is 0.833. The Labute approximate surface area is 92.2 Å². The first-order chi connectivity index (χ1) is 7.08. The van der Waals surface area contributed by atoms with Crippen LogP contribution >= 0.6 is 0 Å². The number of esters is 1. The molecular weight excluding hydrogens is 192 g/mol. The zero-order valence-corrected chi connectivity index (χ0v) is 10.2. The zero-order chi connectivity index (χ0) is 11.8. The molecule has 0 rings (SSSR count). The minimum atomic E-state index is -0.551. The Morgan fingerprint density at radius 3 is 2.20 bits per heavy atom. The second-order valence-electron chi connectivity index (χ2n) is 3.80. The Hall–Kier alpha value is -0.860. The molecule has 3 heteroatoms. The Morgan fingerprint density at radius 2 is 1.80 bits per heavy atom. The molecule has 0 amide bonds. The molecule has 0 aromatic carbocycles. The number of ether oxygens (including phenoxy) is 1. The summed E-state index contributed by atoms with van der Waals surface area (Å²) in [6.45, 7) is 7.89. The summed E-state index contributed by atoms with van der Waals surface area (Å²) in [5, 5.41) is 0. The van der Waals surface area contributed by atoms with Crippen LogP contribution in [0.4, 0.5) is 0 Å². The van der Waals surface area contributed by atoms with Gasteiger partial charge in [-0.3, -0.25) is 9.59 Å². The van der Waals surface area contributed by atoms with Gasteiger partial charge >= 0.3 is 5.97 Å². The molecule has 88 valence electrons. The molecule has 0 radical (unpaired) electrons. The lowest BCUT2D eigenvalue weighted by molar-refractivity contribution is -0.152. The third-order valence-electron chi connectivity index (χ3n) is 2.59. The van der Waals surface area contributed by atoms with Gasteiger partial charge in [0.25, 0.3) is 0 Å². The lowest BCUT2D eigenvalue weighted by atomic mass is 9.89. The van der Waals surface area contributed by atoms with Crippen molar-refractivity contribution in [2.45, 2.75) is 47.0 Å². The van der Waals surface area contributed by atoms with Crippen molar-refractivity contribution in [2.24, 2.45) is 11.8 Å². The maximum absolute atomic E-state index is 11.9. The monoisotopic (exact) mass is 214 g/mol. The molecule has 2 unspecified atom stereocenters. The number of carbonyl (C=O) groups is 2. The van der Waals surface area contributed by atoms with Crippen molar-refractivity contribution < 1.29 is 14.3 Å². The van der Waals surface area contributed by atoms with E-state index < -0.39 is 5.92 Å². The van der Waals surface area contributed by atoms with Gasteiger partial charge in [-0.05, 0) is 19.8 Å². The molecule has 0 aliphatic heterocycles. The molecule has 0 N–H and O–H groups in total. The van der Waals surface area contributed by atoms with Gasteiger partial charge in [-0.2, -0.15) is 0 Å². The quantitative estimate of drug-likeness (QED) is 0.483. The number of hydrogen-bond acceptors (Lipinski definition) is 3. The third-order valence-corrected chi connectivity index (χ3v) is 2.59. The van der Waals surface area contributed by atoms with E-state index in [9.17, 15) is 9.59 Å². The van der Waals surface area contributed by atoms with Crippen molar-refractivity contribution in [1.82, 2.24) is 0 Å². The number of rotatable bonds is 7. The predicted molar refractivity (Wildman–Crippen MR) is 59.5 cm³/mol. The van der Waals surface area contributed by atoms with E-state index in [0.717, 1.165) is 12.8 Å². The fourth-order valence-corrected chi connectivity index (χ4v) is 1.45. The van der Waals surface area contributed by atoms with Crippen LogP contribution in [0.1, 0.15) is 47.0 Å². The van der Waals surface area contributed by atoms with Gasteiger partial charge in [-0.1, -0.05) is 27.2 Å². The first-order valence-corrected chi connectivity index (χ1v) is 5.78. The summed E-state index contributed by atoms with van der Waals surface area (Å²) in [4.78, 5) is 23.4. The van der Waals surface area contributed by atoms with Crippen molar-refractivity contribution in [3.63, 3.8) is 0 Å². The molecule has 0 aliphatic carbocycles. The summed E-state index contributed by atoms with van der Waals surface area (Å²) in [5.74, 6) is -0.932. The highest BCUT2D eigenvalue weighted by Gasteiger charge is 2.29. The lowest BCUT2D eigenvalue weighted by Gasteiger charge is -2.16. The molecule has 0 spiro atoms. The Bertz CT molecular complexity index is 211. The van der Waals surface area contributed by atoms with Gasteiger partial charge < -0.3 is 4.74 Å². The lowest BCUT2D eigenvalue weighted by Crippen LogP contribution is -2.30. The second kappa shape index (κ2) is 7.43. The van der Waals surface area contributed by atoms with Gasteiger partial charge in [0.1, 0.15) is 11.7 Å². The summed E-state index contributed by atoms with van der Waals surface area (Å²) in [6.07, 6.45) is 2.20. The summed E-state index contributed by atoms with van der Waals surface area (Å²) in [6, 6.07) is 0. The average molecular weight is 214 g/mol. The van der Waals surface area contributed by atoms with E-state index in [0.29, 0.717) is 13.0 Å². The Kier molecular flexibility index (Phi) is 7.01. The van der Waals surface area contributed by atoms with Gasteiger partial charge in [0, 0.05) is 5.92 Å². The van der Waals surface area contributed by atoms with Gasteiger partial charge in [0.15, 0.2) is 0 Å². The molecule has 2 atom stereocenters. The molecule has 0 aliphatic rings. The average Bonchev–Trinajstić information content (AvgIpc) is 2.24. The second-order valence-corrected chi connectivity index (χ2v) is 3.80. The van der Waals surface area contributed by atoms with Crippen LogP contribution < -0.4 is 0 Å². The van der Waals surface area contributed by atoms with Gasteiger partial charge in [0.2, 0.25) is 0 Å². The molecule has 0 saturated carbocycles. The summed E-state index contributed by atoms with van der Waals surface area (Å²) in [5.41, 5.74) is 0. The van der Waals surface area contributed by atoms with E-state index in [1.54, 1.807) is 6.92 Å². The van der Waals surface area contributed by atoms with Gasteiger partial charge in [0.05, 0.1) is 6.61 Å². The van der Waals surface area contributed by atoms with Crippen LogP contribution in [-0.4, -0.2) is 18.4 Å². The van der Waals surface area contributed by atoms with Crippen LogP contribution in [-0.2, 0) is 14.3 Å². The molecule has 0 aromatic heterocycles. The molecule has 15 heavy (non-hydrogen) atoms. The molecular formula is C12H22O3. The minimum absolute atomic E-state index is 0.0257. The smallest absolute Gasteiger partial charge is 0.316 e. The van der Waals surface area contributed by atoms with Gasteiger partial charge in [-0.25, -0.2) is 0 Å². The van der Waals surface area contributed by atoms with E-state index in [-0.39, 0.29) is 17.7 Å². The van der Waals surface area contributed by atoms with Crippen molar-refractivity contribution in [3.8, 4) is 0 Å². The number of ketones is 1. The summed E-state index contributed by atoms with van der Waals surface area (Å²) in [7, 11) is 0. The van der Waals surface area contributed by atoms with E-state index in [1.165, 1.54) is 0 Å². The molecule has 0 saturated heterocycles. The number of hydrogen-bond donors (Lipinski definition) is 0. The van der Waals surface area contributed by atoms with Crippen LogP contribution in [0.15, 0.2) is 0 Å². The third kappa shape index (κ3) is 4.45. The zero-order valence-electron chi connectivity index (χ0n) is 10.2. The maximum Gasteiger partial charge on any atom is 0.316 e.